The van der Waals surface area contributed by atoms with Gasteiger partial charge in [-0.1, -0.05) is 24.6 Å². The molecule has 1 aromatic rings. The van der Waals surface area contributed by atoms with Gasteiger partial charge in [0.05, 0.1) is 5.92 Å². The first-order valence-corrected chi connectivity index (χ1v) is 5.94. The Morgan fingerprint density at radius 3 is 2.72 bits per heavy atom. The van der Waals surface area contributed by atoms with Crippen LogP contribution in [0.5, 0.6) is 0 Å². The van der Waals surface area contributed by atoms with Crippen LogP contribution in [0.25, 0.3) is 0 Å². The molecular formula is C12H15ClN2O3. The van der Waals surface area contributed by atoms with Crippen molar-refractivity contribution in [3.63, 3.8) is 0 Å². The fraction of sp³-hybridized carbons (Fsp3) is 0.333. The van der Waals surface area contributed by atoms with E-state index in [1.165, 1.54) is 0 Å². The number of benzene rings is 1. The number of anilines is 1. The fourth-order valence-corrected chi connectivity index (χ4v) is 1.55. The quantitative estimate of drug-likeness (QED) is 0.769. The second-order valence-electron chi connectivity index (χ2n) is 3.79. The summed E-state index contributed by atoms with van der Waals surface area (Å²) in [6.45, 7) is 1.85. The lowest BCUT2D eigenvalue weighted by atomic mass is 10.1. The van der Waals surface area contributed by atoms with Gasteiger partial charge in [0, 0.05) is 17.3 Å². The molecule has 98 valence electrons. The first-order chi connectivity index (χ1) is 8.52. The summed E-state index contributed by atoms with van der Waals surface area (Å²) >= 11 is 5.77. The standard InChI is InChI=1S/C12H15ClN2O3/c1-2-8(11(16)17)7-14-12(18)15-10-5-3-4-9(13)6-10/h3-6,8H,2,7H2,1H3,(H,16,17)(H2,14,15,18). The zero-order chi connectivity index (χ0) is 13.5. The summed E-state index contributed by atoms with van der Waals surface area (Å²) in [4.78, 5) is 22.3. The van der Waals surface area contributed by atoms with Crippen LogP contribution in [0.4, 0.5) is 10.5 Å². The number of halogens is 1. The molecule has 0 aliphatic heterocycles. The van der Waals surface area contributed by atoms with Crippen LogP contribution in [0.3, 0.4) is 0 Å². The molecule has 1 atom stereocenters. The predicted octanol–water partition coefficient (Wildman–Crippen LogP) is 2.57. The number of aliphatic carboxylic acids is 1. The van der Waals surface area contributed by atoms with Crippen LogP contribution in [0.2, 0.25) is 5.02 Å². The molecule has 1 rings (SSSR count). The van der Waals surface area contributed by atoms with Gasteiger partial charge >= 0.3 is 12.0 Å². The molecule has 0 bridgehead atoms. The number of carbonyl (C=O) groups excluding carboxylic acids is 1. The van der Waals surface area contributed by atoms with E-state index in [0.29, 0.717) is 17.1 Å². The van der Waals surface area contributed by atoms with Gasteiger partial charge < -0.3 is 15.7 Å². The van der Waals surface area contributed by atoms with E-state index in [9.17, 15) is 9.59 Å². The zero-order valence-corrected chi connectivity index (χ0v) is 10.7. The molecule has 0 radical (unpaired) electrons. The number of carbonyl (C=O) groups is 2. The Hall–Kier alpha value is -1.75. The maximum Gasteiger partial charge on any atom is 0.319 e. The summed E-state index contributed by atoms with van der Waals surface area (Å²) in [5, 5.41) is 14.4. The van der Waals surface area contributed by atoms with Gasteiger partial charge in [0.15, 0.2) is 0 Å². The molecule has 0 saturated carbocycles. The van der Waals surface area contributed by atoms with Crippen molar-refractivity contribution in [2.75, 3.05) is 11.9 Å². The predicted molar refractivity (Wildman–Crippen MR) is 69.9 cm³/mol. The van der Waals surface area contributed by atoms with E-state index in [0.717, 1.165) is 0 Å². The number of hydrogen-bond acceptors (Lipinski definition) is 2. The Morgan fingerprint density at radius 1 is 1.44 bits per heavy atom. The van der Waals surface area contributed by atoms with Crippen LogP contribution >= 0.6 is 11.6 Å². The highest BCUT2D eigenvalue weighted by molar-refractivity contribution is 6.30. The number of carboxylic acid groups (broad SMARTS) is 1. The SMILES string of the molecule is CCC(CNC(=O)Nc1cccc(Cl)c1)C(=O)O. The van der Waals surface area contributed by atoms with Crippen molar-refractivity contribution in [3.8, 4) is 0 Å². The highest BCUT2D eigenvalue weighted by Crippen LogP contribution is 2.14. The Labute approximate surface area is 110 Å². The number of hydrogen-bond donors (Lipinski definition) is 3. The van der Waals surface area contributed by atoms with E-state index in [4.69, 9.17) is 16.7 Å². The highest BCUT2D eigenvalue weighted by atomic mass is 35.5. The van der Waals surface area contributed by atoms with Gasteiger partial charge in [-0.2, -0.15) is 0 Å². The third-order valence-electron chi connectivity index (χ3n) is 2.43. The van der Waals surface area contributed by atoms with E-state index in [1.54, 1.807) is 31.2 Å². The molecule has 0 aliphatic carbocycles. The Balaban J connectivity index is 2.45. The van der Waals surface area contributed by atoms with Crippen molar-refractivity contribution in [2.24, 2.45) is 5.92 Å². The smallest absolute Gasteiger partial charge is 0.319 e. The minimum atomic E-state index is -0.916. The number of nitrogens with one attached hydrogen (secondary N) is 2. The van der Waals surface area contributed by atoms with Crippen LogP contribution in [-0.2, 0) is 4.79 Å². The summed E-state index contributed by atoms with van der Waals surface area (Å²) in [5.74, 6) is -1.49. The van der Waals surface area contributed by atoms with Gasteiger partial charge in [-0.3, -0.25) is 4.79 Å². The lowest BCUT2D eigenvalue weighted by molar-refractivity contribution is -0.141. The molecule has 3 N–H and O–H groups in total. The summed E-state index contributed by atoms with van der Waals surface area (Å²) in [7, 11) is 0. The number of rotatable bonds is 5. The molecule has 0 aliphatic rings. The van der Waals surface area contributed by atoms with Crippen molar-refractivity contribution in [2.45, 2.75) is 13.3 Å². The fourth-order valence-electron chi connectivity index (χ4n) is 1.36. The molecule has 0 saturated heterocycles. The van der Waals surface area contributed by atoms with Crippen molar-refractivity contribution in [3.05, 3.63) is 29.3 Å². The third kappa shape index (κ3) is 4.63. The topological polar surface area (TPSA) is 78.4 Å². The molecule has 0 spiro atoms. The van der Waals surface area contributed by atoms with E-state index in [1.807, 2.05) is 0 Å². The van der Waals surface area contributed by atoms with Gasteiger partial charge in [-0.05, 0) is 24.6 Å². The van der Waals surface area contributed by atoms with Crippen molar-refractivity contribution in [1.29, 1.82) is 0 Å². The molecule has 0 aromatic heterocycles. The van der Waals surface area contributed by atoms with Gasteiger partial charge in [0.2, 0.25) is 0 Å². The van der Waals surface area contributed by atoms with Crippen LogP contribution in [0.1, 0.15) is 13.3 Å². The van der Waals surface area contributed by atoms with Crippen molar-refractivity contribution >= 4 is 29.3 Å². The molecule has 0 heterocycles. The van der Waals surface area contributed by atoms with E-state index in [2.05, 4.69) is 10.6 Å². The minimum absolute atomic E-state index is 0.0955. The van der Waals surface area contributed by atoms with E-state index >= 15 is 0 Å². The van der Waals surface area contributed by atoms with Crippen LogP contribution in [-0.4, -0.2) is 23.7 Å². The number of amides is 2. The summed E-state index contributed by atoms with van der Waals surface area (Å²) in [6.07, 6.45) is 0.465. The maximum absolute atomic E-state index is 11.5. The number of carboxylic acids is 1. The molecule has 5 nitrogen and oxygen atoms in total. The van der Waals surface area contributed by atoms with Crippen LogP contribution in [0, 0.1) is 5.92 Å². The molecule has 0 fully saturated rings. The average molecular weight is 271 g/mol. The molecule has 6 heteroatoms. The molecule has 1 unspecified atom stereocenters. The zero-order valence-electron chi connectivity index (χ0n) is 9.94. The van der Waals surface area contributed by atoms with Gasteiger partial charge in [-0.15, -0.1) is 0 Å². The maximum atomic E-state index is 11.5. The number of urea groups is 1. The summed E-state index contributed by atoms with van der Waals surface area (Å²) in [6, 6.07) is 6.26. The van der Waals surface area contributed by atoms with E-state index in [-0.39, 0.29) is 6.54 Å². The van der Waals surface area contributed by atoms with Crippen LogP contribution in [0.15, 0.2) is 24.3 Å². The van der Waals surface area contributed by atoms with Gasteiger partial charge in [0.25, 0.3) is 0 Å². The monoisotopic (exact) mass is 270 g/mol. The van der Waals surface area contributed by atoms with Crippen molar-refractivity contribution < 1.29 is 14.7 Å². The second-order valence-corrected chi connectivity index (χ2v) is 4.23. The third-order valence-corrected chi connectivity index (χ3v) is 2.67. The first kappa shape index (κ1) is 14.3. The average Bonchev–Trinajstić information content (AvgIpc) is 2.29. The van der Waals surface area contributed by atoms with Crippen LogP contribution < -0.4 is 10.6 Å². The molecular weight excluding hydrogens is 256 g/mol. The molecule has 18 heavy (non-hydrogen) atoms. The largest absolute Gasteiger partial charge is 0.481 e. The minimum Gasteiger partial charge on any atom is -0.481 e. The Morgan fingerprint density at radius 2 is 2.17 bits per heavy atom. The summed E-state index contributed by atoms with van der Waals surface area (Å²) < 4.78 is 0. The van der Waals surface area contributed by atoms with E-state index < -0.39 is 17.9 Å². The lowest BCUT2D eigenvalue weighted by Crippen LogP contribution is -2.35. The van der Waals surface area contributed by atoms with Gasteiger partial charge in [0.1, 0.15) is 0 Å². The Bertz CT molecular complexity index is 437. The highest BCUT2D eigenvalue weighted by Gasteiger charge is 2.15. The summed E-state index contributed by atoms with van der Waals surface area (Å²) in [5.41, 5.74) is 0.559. The lowest BCUT2D eigenvalue weighted by Gasteiger charge is -2.12. The molecule has 1 aromatic carbocycles. The van der Waals surface area contributed by atoms with Crippen molar-refractivity contribution in [1.82, 2.24) is 5.32 Å². The molecule has 2 amide bonds. The first-order valence-electron chi connectivity index (χ1n) is 5.56. The normalized spacial score (nSPS) is 11.7. The van der Waals surface area contributed by atoms with Gasteiger partial charge in [-0.25, -0.2) is 4.79 Å². The second kappa shape index (κ2) is 6.86. The Kier molecular flexibility index (Phi) is 5.45.